The first-order chi connectivity index (χ1) is 16.4. The second-order valence-electron chi connectivity index (χ2n) is 9.12. The molecule has 8 heteroatoms. The van der Waals surface area contributed by atoms with Gasteiger partial charge in [0.25, 0.3) is 0 Å². The summed E-state index contributed by atoms with van der Waals surface area (Å²) < 4.78 is 29.4. The van der Waals surface area contributed by atoms with Crippen LogP contribution in [0.3, 0.4) is 0 Å². The van der Waals surface area contributed by atoms with Crippen LogP contribution in [0.5, 0.6) is 5.75 Å². The van der Waals surface area contributed by atoms with Crippen LogP contribution in [0.4, 0.5) is 5.95 Å². The van der Waals surface area contributed by atoms with Crippen molar-refractivity contribution in [1.82, 2.24) is 9.97 Å². The van der Waals surface area contributed by atoms with Crippen LogP contribution >= 0.6 is 0 Å². The summed E-state index contributed by atoms with van der Waals surface area (Å²) in [5.74, 6) is 3.00. The summed E-state index contributed by atoms with van der Waals surface area (Å²) in [6.07, 6.45) is 6.72. The fourth-order valence-corrected chi connectivity index (χ4v) is 5.42. The Morgan fingerprint density at radius 3 is 2.26 bits per heavy atom. The number of ether oxygens (including phenoxy) is 1. The number of carbonyl (C=O) groups excluding carboxylic acids is 1. The largest absolute Gasteiger partial charge is 0.493 e. The van der Waals surface area contributed by atoms with Crippen LogP contribution in [0.15, 0.2) is 59.8 Å². The van der Waals surface area contributed by atoms with Gasteiger partial charge in [0.05, 0.1) is 17.1 Å². The van der Waals surface area contributed by atoms with Gasteiger partial charge in [-0.25, -0.2) is 18.4 Å². The number of nitrogens with zero attached hydrogens (tertiary/aromatic N) is 3. The Balaban J connectivity index is 1.20. The van der Waals surface area contributed by atoms with E-state index in [1.54, 1.807) is 30.3 Å². The van der Waals surface area contributed by atoms with Crippen LogP contribution in [0, 0.1) is 17.8 Å². The molecule has 0 spiro atoms. The van der Waals surface area contributed by atoms with E-state index in [1.165, 1.54) is 6.26 Å². The quantitative estimate of drug-likeness (QED) is 0.457. The number of aryl methyl sites for hydroxylation is 1. The highest BCUT2D eigenvalue weighted by Crippen LogP contribution is 2.52. The first-order valence-corrected chi connectivity index (χ1v) is 13.3. The van der Waals surface area contributed by atoms with Crippen LogP contribution in [0.2, 0.25) is 0 Å². The lowest BCUT2D eigenvalue weighted by Gasteiger charge is -2.20. The van der Waals surface area contributed by atoms with Gasteiger partial charge in [0, 0.05) is 37.7 Å². The van der Waals surface area contributed by atoms with Gasteiger partial charge in [-0.3, -0.25) is 4.79 Å². The topological polar surface area (TPSA) is 89.5 Å². The minimum Gasteiger partial charge on any atom is -0.493 e. The molecule has 0 bridgehead atoms. The highest BCUT2D eigenvalue weighted by molar-refractivity contribution is 7.90. The lowest BCUT2D eigenvalue weighted by atomic mass is 10.0. The number of aromatic nitrogens is 2. The number of sulfone groups is 1. The Morgan fingerprint density at radius 1 is 1.03 bits per heavy atom. The minimum absolute atomic E-state index is 0.268. The molecule has 1 aliphatic carbocycles. The normalized spacial score (nSPS) is 21.2. The van der Waals surface area contributed by atoms with Gasteiger partial charge >= 0.3 is 0 Å². The number of carbonyl (C=O) groups is 1. The number of piperidine rings is 1. The molecule has 1 aromatic heterocycles. The van der Waals surface area contributed by atoms with Crippen molar-refractivity contribution in [2.75, 3.05) is 30.9 Å². The molecule has 34 heavy (non-hydrogen) atoms. The predicted octanol–water partition coefficient (Wildman–Crippen LogP) is 3.68. The van der Waals surface area contributed by atoms with Crippen LogP contribution in [0.1, 0.15) is 22.8 Å². The lowest BCUT2D eigenvalue weighted by molar-refractivity contribution is 0.111. The third-order valence-corrected chi connectivity index (χ3v) is 8.07. The number of benzene rings is 2. The van der Waals surface area contributed by atoms with Crippen molar-refractivity contribution in [1.29, 1.82) is 0 Å². The van der Waals surface area contributed by atoms with Crippen molar-refractivity contribution >= 4 is 22.1 Å². The first-order valence-electron chi connectivity index (χ1n) is 11.5. The third kappa shape index (κ3) is 4.42. The van der Waals surface area contributed by atoms with E-state index >= 15 is 0 Å². The van der Waals surface area contributed by atoms with E-state index in [-0.39, 0.29) is 4.90 Å². The van der Waals surface area contributed by atoms with Crippen molar-refractivity contribution in [2.45, 2.75) is 18.2 Å². The summed E-state index contributed by atoms with van der Waals surface area (Å²) in [5, 5.41) is 0. The van der Waals surface area contributed by atoms with E-state index in [2.05, 4.69) is 21.8 Å². The Bertz CT molecular complexity index is 1290. The SMILES string of the molecule is CCc1cnc(N2C[C@@H]3C(COc4ccc(-c5ccc(S(C)(=O)=O)cc5)cc4C=O)[C@@H]3C2)nc1. The third-order valence-electron chi connectivity index (χ3n) is 6.94. The summed E-state index contributed by atoms with van der Waals surface area (Å²) in [4.78, 5) is 23.2. The van der Waals surface area contributed by atoms with Crippen LogP contribution in [-0.2, 0) is 16.3 Å². The molecule has 1 saturated heterocycles. The summed E-state index contributed by atoms with van der Waals surface area (Å²) in [6, 6.07) is 12.1. The van der Waals surface area contributed by atoms with Crippen molar-refractivity contribution in [2.24, 2.45) is 17.8 Å². The monoisotopic (exact) mass is 477 g/mol. The molecule has 1 saturated carbocycles. The van der Waals surface area contributed by atoms with Crippen molar-refractivity contribution in [3.8, 4) is 16.9 Å². The van der Waals surface area contributed by atoms with E-state index in [1.807, 2.05) is 24.5 Å². The van der Waals surface area contributed by atoms with E-state index in [0.29, 0.717) is 35.7 Å². The van der Waals surface area contributed by atoms with Crippen molar-refractivity contribution in [3.63, 3.8) is 0 Å². The van der Waals surface area contributed by atoms with E-state index < -0.39 is 9.84 Å². The van der Waals surface area contributed by atoms with Crippen LogP contribution < -0.4 is 9.64 Å². The van der Waals surface area contributed by atoms with Gasteiger partial charge in [-0.2, -0.15) is 0 Å². The molecule has 2 aromatic carbocycles. The minimum atomic E-state index is -3.25. The molecule has 0 amide bonds. The van der Waals surface area contributed by atoms with E-state index in [4.69, 9.17) is 4.74 Å². The standard InChI is InChI=1S/C26H27N3O4S/c1-3-17-11-27-26(28-12-17)29-13-22-23(14-29)24(22)16-33-25-9-6-19(10-20(25)15-30)18-4-7-21(8-5-18)34(2,31)32/h4-12,15,22-24H,3,13-14,16H2,1-2H3/t22-,23+,24?. The molecule has 176 valence electrons. The summed E-state index contributed by atoms with van der Waals surface area (Å²) in [7, 11) is -3.25. The van der Waals surface area contributed by atoms with Gasteiger partial charge in [0.15, 0.2) is 16.1 Å². The van der Waals surface area contributed by atoms with Crippen LogP contribution in [-0.4, -0.2) is 50.6 Å². The van der Waals surface area contributed by atoms with Gasteiger partial charge in [0.1, 0.15) is 5.75 Å². The molecule has 5 rings (SSSR count). The maximum Gasteiger partial charge on any atom is 0.225 e. The molecular formula is C26H27N3O4S. The molecular weight excluding hydrogens is 450 g/mol. The highest BCUT2D eigenvalue weighted by Gasteiger charge is 2.56. The van der Waals surface area contributed by atoms with Crippen LogP contribution in [0.25, 0.3) is 11.1 Å². The number of rotatable bonds is 8. The fourth-order valence-electron chi connectivity index (χ4n) is 4.79. The van der Waals surface area contributed by atoms with Crippen molar-refractivity contribution in [3.05, 3.63) is 66.0 Å². The molecule has 1 aliphatic heterocycles. The highest BCUT2D eigenvalue weighted by atomic mass is 32.2. The molecule has 2 heterocycles. The maximum atomic E-state index is 11.7. The molecule has 3 aromatic rings. The zero-order chi connectivity index (χ0) is 23.9. The Morgan fingerprint density at radius 2 is 1.68 bits per heavy atom. The van der Waals surface area contributed by atoms with Gasteiger partial charge in [-0.05, 0) is 59.2 Å². The van der Waals surface area contributed by atoms with E-state index in [0.717, 1.165) is 48.4 Å². The average molecular weight is 478 g/mol. The Labute approximate surface area is 199 Å². The van der Waals surface area contributed by atoms with Gasteiger partial charge in [-0.15, -0.1) is 0 Å². The number of hydrogen-bond acceptors (Lipinski definition) is 7. The van der Waals surface area contributed by atoms with E-state index in [9.17, 15) is 13.2 Å². The number of hydrogen-bond donors (Lipinski definition) is 0. The molecule has 0 N–H and O–H groups in total. The smallest absolute Gasteiger partial charge is 0.225 e. The maximum absolute atomic E-state index is 11.7. The van der Waals surface area contributed by atoms with Gasteiger partial charge in [-0.1, -0.05) is 25.1 Å². The van der Waals surface area contributed by atoms with Crippen molar-refractivity contribution < 1.29 is 17.9 Å². The van der Waals surface area contributed by atoms with Gasteiger partial charge < -0.3 is 9.64 Å². The zero-order valence-electron chi connectivity index (χ0n) is 19.2. The summed E-state index contributed by atoms with van der Waals surface area (Å²) >= 11 is 0. The second-order valence-corrected chi connectivity index (χ2v) is 11.1. The predicted molar refractivity (Wildman–Crippen MR) is 130 cm³/mol. The fraction of sp³-hybridized carbons (Fsp3) is 0.346. The number of fused-ring (bicyclic) bond motifs is 1. The molecule has 1 unspecified atom stereocenters. The number of anilines is 1. The molecule has 2 aliphatic rings. The zero-order valence-corrected chi connectivity index (χ0v) is 20.0. The molecule has 0 radical (unpaired) electrons. The summed E-state index contributed by atoms with van der Waals surface area (Å²) in [6.45, 7) is 4.55. The Hall–Kier alpha value is -3.26. The lowest BCUT2D eigenvalue weighted by Crippen LogP contribution is -2.27. The van der Waals surface area contributed by atoms with Gasteiger partial charge in [0.2, 0.25) is 5.95 Å². The summed E-state index contributed by atoms with van der Waals surface area (Å²) in [5.41, 5.74) is 3.31. The second kappa shape index (κ2) is 8.83. The molecule has 7 nitrogen and oxygen atoms in total. The Kier molecular flexibility index (Phi) is 5.85. The molecule has 3 atom stereocenters. The number of aldehydes is 1. The molecule has 2 fully saturated rings. The average Bonchev–Trinajstić information content (AvgIpc) is 3.30. The first kappa shape index (κ1) is 22.5.